The van der Waals surface area contributed by atoms with Gasteiger partial charge in [0.05, 0.1) is 12.4 Å². The number of nitrogens with one attached hydrogen (secondary N) is 2. The van der Waals surface area contributed by atoms with Gasteiger partial charge in [-0.2, -0.15) is 0 Å². The Labute approximate surface area is 191 Å². The Bertz CT molecular complexity index is 1060. The maximum absolute atomic E-state index is 12.7. The first-order chi connectivity index (χ1) is 15.0. The molecular weight excluding hydrogens is 432 g/mol. The number of carbonyl (C=O) groups excluding carboxylic acids is 2. The van der Waals surface area contributed by atoms with Crippen molar-refractivity contribution in [1.82, 2.24) is 0 Å². The van der Waals surface area contributed by atoms with Gasteiger partial charge < -0.3 is 15.4 Å². The molecule has 3 aromatic carbocycles. The van der Waals surface area contributed by atoms with E-state index >= 15 is 0 Å². The summed E-state index contributed by atoms with van der Waals surface area (Å²) < 4.78 is 5.12. The number of halogens is 1. The lowest BCUT2D eigenvalue weighted by Crippen LogP contribution is -2.24. The molecule has 0 heterocycles. The normalized spacial score (nSPS) is 11.5. The fourth-order valence-corrected chi connectivity index (χ4v) is 4.07. The van der Waals surface area contributed by atoms with E-state index < -0.39 is 0 Å². The maximum Gasteiger partial charge on any atom is 0.255 e. The standard InChI is InChI=1S/C24H23ClN2O3S/c1-3-22(24(29)27-18-7-4-6-17(25)14-18)31-21-9-5-8-19(15-21)26-23(28)16-10-12-20(30-2)13-11-16/h4-15,22H,3H2,1-2H3,(H,26,28)(H,27,29). The summed E-state index contributed by atoms with van der Waals surface area (Å²) in [4.78, 5) is 26.1. The zero-order valence-electron chi connectivity index (χ0n) is 17.2. The molecule has 1 atom stereocenters. The second kappa shape index (κ2) is 10.9. The monoisotopic (exact) mass is 454 g/mol. The zero-order chi connectivity index (χ0) is 22.2. The highest BCUT2D eigenvalue weighted by Gasteiger charge is 2.18. The highest BCUT2D eigenvalue weighted by molar-refractivity contribution is 8.00. The molecule has 0 saturated carbocycles. The number of benzene rings is 3. The van der Waals surface area contributed by atoms with Gasteiger partial charge >= 0.3 is 0 Å². The van der Waals surface area contributed by atoms with Crippen LogP contribution in [0, 0.1) is 0 Å². The molecule has 0 aliphatic rings. The molecule has 0 saturated heterocycles. The zero-order valence-corrected chi connectivity index (χ0v) is 18.8. The van der Waals surface area contributed by atoms with E-state index in [1.165, 1.54) is 11.8 Å². The van der Waals surface area contributed by atoms with Crippen LogP contribution in [0.5, 0.6) is 5.75 Å². The fraction of sp³-hybridized carbons (Fsp3) is 0.167. The van der Waals surface area contributed by atoms with Crippen LogP contribution in [0.1, 0.15) is 23.7 Å². The third-order valence-electron chi connectivity index (χ3n) is 4.48. The quantitative estimate of drug-likeness (QED) is 0.403. The Morgan fingerprint density at radius 1 is 0.968 bits per heavy atom. The number of ether oxygens (including phenoxy) is 1. The summed E-state index contributed by atoms with van der Waals surface area (Å²) in [6.07, 6.45) is 0.652. The largest absolute Gasteiger partial charge is 0.497 e. The fourth-order valence-electron chi connectivity index (χ4n) is 2.87. The van der Waals surface area contributed by atoms with Crippen LogP contribution < -0.4 is 15.4 Å². The topological polar surface area (TPSA) is 67.4 Å². The molecule has 1 unspecified atom stereocenters. The summed E-state index contributed by atoms with van der Waals surface area (Å²) in [5.74, 6) is 0.384. The van der Waals surface area contributed by atoms with Crippen molar-refractivity contribution in [3.8, 4) is 5.75 Å². The molecule has 2 N–H and O–H groups in total. The first-order valence-corrected chi connectivity index (χ1v) is 11.0. The summed E-state index contributed by atoms with van der Waals surface area (Å²) >= 11 is 7.44. The van der Waals surface area contributed by atoms with Crippen molar-refractivity contribution >= 4 is 46.6 Å². The predicted molar refractivity (Wildman–Crippen MR) is 127 cm³/mol. The predicted octanol–water partition coefficient (Wildman–Crippen LogP) is 6.11. The number of rotatable bonds is 8. The van der Waals surface area contributed by atoms with E-state index in [0.717, 1.165) is 4.90 Å². The van der Waals surface area contributed by atoms with Crippen molar-refractivity contribution in [2.75, 3.05) is 17.7 Å². The molecule has 0 aliphatic heterocycles. The smallest absolute Gasteiger partial charge is 0.255 e. The van der Waals surface area contributed by atoms with Gasteiger partial charge in [0, 0.05) is 26.9 Å². The minimum Gasteiger partial charge on any atom is -0.497 e. The lowest BCUT2D eigenvalue weighted by Gasteiger charge is -2.15. The van der Waals surface area contributed by atoms with E-state index in [2.05, 4.69) is 10.6 Å². The molecule has 0 aromatic heterocycles. The van der Waals surface area contributed by atoms with E-state index in [0.29, 0.717) is 34.1 Å². The maximum atomic E-state index is 12.7. The number of hydrogen-bond acceptors (Lipinski definition) is 4. The highest BCUT2D eigenvalue weighted by Crippen LogP contribution is 2.29. The number of amides is 2. The molecule has 5 nitrogen and oxygen atoms in total. The van der Waals surface area contributed by atoms with Gasteiger partial charge in [-0.15, -0.1) is 11.8 Å². The number of methoxy groups -OCH3 is 1. The third kappa shape index (κ3) is 6.51. The van der Waals surface area contributed by atoms with Gasteiger partial charge in [-0.1, -0.05) is 30.7 Å². The van der Waals surface area contributed by atoms with Gasteiger partial charge in [0.2, 0.25) is 5.91 Å². The van der Waals surface area contributed by atoms with Crippen LogP contribution >= 0.6 is 23.4 Å². The van der Waals surface area contributed by atoms with Crippen LogP contribution in [0.15, 0.2) is 77.7 Å². The van der Waals surface area contributed by atoms with Crippen molar-refractivity contribution in [3.63, 3.8) is 0 Å². The van der Waals surface area contributed by atoms with E-state index in [9.17, 15) is 9.59 Å². The van der Waals surface area contributed by atoms with Crippen LogP contribution in [0.3, 0.4) is 0 Å². The van der Waals surface area contributed by atoms with Gasteiger partial charge in [-0.25, -0.2) is 0 Å². The Morgan fingerprint density at radius 2 is 1.65 bits per heavy atom. The highest BCUT2D eigenvalue weighted by atomic mass is 35.5. The Balaban J connectivity index is 1.65. The summed E-state index contributed by atoms with van der Waals surface area (Å²) in [6.45, 7) is 1.96. The summed E-state index contributed by atoms with van der Waals surface area (Å²) in [5, 5.41) is 6.08. The van der Waals surface area contributed by atoms with Crippen LogP contribution in [0.25, 0.3) is 0 Å². The van der Waals surface area contributed by atoms with E-state index in [1.807, 2.05) is 31.2 Å². The van der Waals surface area contributed by atoms with Crippen molar-refractivity contribution < 1.29 is 14.3 Å². The molecule has 2 amide bonds. The molecule has 31 heavy (non-hydrogen) atoms. The Kier molecular flexibility index (Phi) is 7.98. The summed E-state index contributed by atoms with van der Waals surface area (Å²) in [5.41, 5.74) is 1.86. The van der Waals surface area contributed by atoms with Crippen LogP contribution in [-0.4, -0.2) is 24.2 Å². The molecule has 0 aliphatic carbocycles. The number of carbonyl (C=O) groups is 2. The van der Waals surface area contributed by atoms with E-state index in [4.69, 9.17) is 16.3 Å². The molecule has 3 aromatic rings. The summed E-state index contributed by atoms with van der Waals surface area (Å²) in [7, 11) is 1.58. The van der Waals surface area contributed by atoms with Gasteiger partial charge in [0.15, 0.2) is 0 Å². The van der Waals surface area contributed by atoms with Crippen LogP contribution in [0.2, 0.25) is 5.02 Å². The second-order valence-corrected chi connectivity index (χ2v) is 8.44. The average molecular weight is 455 g/mol. The molecule has 160 valence electrons. The van der Waals surface area contributed by atoms with Crippen molar-refractivity contribution in [2.45, 2.75) is 23.5 Å². The number of thioether (sulfide) groups is 1. The SMILES string of the molecule is CCC(Sc1cccc(NC(=O)c2ccc(OC)cc2)c1)C(=O)Nc1cccc(Cl)c1. The first kappa shape index (κ1) is 22.7. The van der Waals surface area contributed by atoms with Crippen molar-refractivity contribution in [1.29, 1.82) is 0 Å². The minimum absolute atomic E-state index is 0.0950. The Hall–Kier alpha value is -2.96. The van der Waals surface area contributed by atoms with Gasteiger partial charge in [-0.3, -0.25) is 9.59 Å². The van der Waals surface area contributed by atoms with Crippen molar-refractivity contribution in [3.05, 3.63) is 83.4 Å². The molecule has 0 radical (unpaired) electrons. The average Bonchev–Trinajstić information content (AvgIpc) is 2.77. The molecular formula is C24H23ClN2O3S. The Morgan fingerprint density at radius 3 is 2.29 bits per heavy atom. The first-order valence-electron chi connectivity index (χ1n) is 9.77. The van der Waals surface area contributed by atoms with Gasteiger partial charge in [0.25, 0.3) is 5.91 Å². The van der Waals surface area contributed by atoms with Crippen molar-refractivity contribution in [2.24, 2.45) is 0 Å². The lowest BCUT2D eigenvalue weighted by molar-refractivity contribution is -0.115. The molecule has 0 bridgehead atoms. The molecule has 7 heteroatoms. The minimum atomic E-state index is -0.286. The molecule has 0 spiro atoms. The van der Waals surface area contributed by atoms with Gasteiger partial charge in [-0.05, 0) is 67.1 Å². The van der Waals surface area contributed by atoms with Crippen LogP contribution in [0.4, 0.5) is 11.4 Å². The van der Waals surface area contributed by atoms with Crippen LogP contribution in [-0.2, 0) is 4.79 Å². The lowest BCUT2D eigenvalue weighted by atomic mass is 10.2. The molecule has 3 rings (SSSR count). The summed E-state index contributed by atoms with van der Waals surface area (Å²) in [6, 6.07) is 21.4. The third-order valence-corrected chi connectivity index (χ3v) is 6.07. The molecule has 0 fully saturated rings. The number of anilines is 2. The second-order valence-electron chi connectivity index (χ2n) is 6.72. The van der Waals surface area contributed by atoms with E-state index in [1.54, 1.807) is 55.6 Å². The van der Waals surface area contributed by atoms with E-state index in [-0.39, 0.29) is 17.1 Å². The number of hydrogen-bond donors (Lipinski definition) is 2. The van der Waals surface area contributed by atoms with Gasteiger partial charge in [0.1, 0.15) is 5.75 Å².